The number of pyridine rings is 1. The van der Waals surface area contributed by atoms with Gasteiger partial charge in [0.1, 0.15) is 0 Å². The summed E-state index contributed by atoms with van der Waals surface area (Å²) in [5.74, 6) is 0. The molecule has 0 aliphatic rings. The van der Waals surface area contributed by atoms with Gasteiger partial charge in [-0.2, -0.15) is 0 Å². The number of fused-ring (bicyclic) bond motifs is 14. The maximum atomic E-state index is 14.0. The number of rotatable bonds is 3. The second kappa shape index (κ2) is 11.6. The fourth-order valence-electron chi connectivity index (χ4n) is 10.0. The standard InChI is InChI=1S/C55H32N2O/c58-55-47-18-4-3-15-40(47)45-19-10-20-46-50-32-36(25-28-53(50)57(55)54(45)46)35-24-27-42-39-14-2-1-13-38(39)41-26-23-34(30-48(41)49(42)31-35)33-11-9-12-37(29-33)56-51-21-7-5-16-43(51)44-17-6-8-22-52(44)56/h1-32H. The molecule has 3 aromatic heterocycles. The average molecular weight is 737 g/mol. The smallest absolute Gasteiger partial charge is 0.263 e. The van der Waals surface area contributed by atoms with E-state index >= 15 is 0 Å². The molecule has 0 saturated carbocycles. The van der Waals surface area contributed by atoms with Crippen LogP contribution in [-0.4, -0.2) is 8.97 Å². The van der Waals surface area contributed by atoms with Crippen molar-refractivity contribution in [3.8, 4) is 27.9 Å². The molecule has 58 heavy (non-hydrogen) atoms. The van der Waals surface area contributed by atoms with E-state index in [0.717, 1.165) is 54.8 Å². The zero-order valence-corrected chi connectivity index (χ0v) is 31.3. The maximum absolute atomic E-state index is 14.0. The molecule has 3 nitrogen and oxygen atoms in total. The van der Waals surface area contributed by atoms with Crippen LogP contribution in [0.2, 0.25) is 0 Å². The van der Waals surface area contributed by atoms with E-state index in [2.05, 4.69) is 180 Å². The van der Waals surface area contributed by atoms with Crippen molar-refractivity contribution in [2.24, 2.45) is 0 Å². The minimum absolute atomic E-state index is 0.0301. The highest BCUT2D eigenvalue weighted by molar-refractivity contribution is 6.26. The average Bonchev–Trinajstić information content (AvgIpc) is 3.81. The highest BCUT2D eigenvalue weighted by Gasteiger charge is 2.19. The quantitative estimate of drug-likeness (QED) is 0.166. The van der Waals surface area contributed by atoms with Gasteiger partial charge in [-0.3, -0.25) is 9.20 Å². The van der Waals surface area contributed by atoms with Crippen LogP contribution in [0.1, 0.15) is 0 Å². The number of aromatic nitrogens is 2. The zero-order valence-electron chi connectivity index (χ0n) is 31.3. The highest BCUT2D eigenvalue weighted by Crippen LogP contribution is 2.41. The molecule has 13 aromatic rings. The van der Waals surface area contributed by atoms with Crippen molar-refractivity contribution in [3.63, 3.8) is 0 Å². The molecule has 0 saturated heterocycles. The van der Waals surface area contributed by atoms with Gasteiger partial charge < -0.3 is 4.57 Å². The van der Waals surface area contributed by atoms with Crippen molar-refractivity contribution in [1.82, 2.24) is 8.97 Å². The topological polar surface area (TPSA) is 26.4 Å². The monoisotopic (exact) mass is 736 g/mol. The summed E-state index contributed by atoms with van der Waals surface area (Å²) >= 11 is 0. The van der Waals surface area contributed by atoms with Crippen molar-refractivity contribution < 1.29 is 0 Å². The van der Waals surface area contributed by atoms with E-state index < -0.39 is 0 Å². The van der Waals surface area contributed by atoms with Crippen LogP contribution in [0.15, 0.2) is 199 Å². The van der Waals surface area contributed by atoms with Crippen LogP contribution < -0.4 is 5.56 Å². The largest absolute Gasteiger partial charge is 0.309 e. The van der Waals surface area contributed by atoms with Crippen LogP contribution in [0.4, 0.5) is 0 Å². The first-order chi connectivity index (χ1) is 28.7. The van der Waals surface area contributed by atoms with E-state index in [-0.39, 0.29) is 5.56 Å². The predicted octanol–water partition coefficient (Wildman–Crippen LogP) is 14.1. The third-order valence-corrected chi connectivity index (χ3v) is 12.6. The normalized spacial score (nSPS) is 12.2. The van der Waals surface area contributed by atoms with Crippen molar-refractivity contribution in [1.29, 1.82) is 0 Å². The molecule has 0 bridgehead atoms. The molecule has 0 unspecified atom stereocenters. The van der Waals surface area contributed by atoms with Crippen molar-refractivity contribution in [3.05, 3.63) is 204 Å². The Labute approximate surface area is 332 Å². The van der Waals surface area contributed by atoms with Gasteiger partial charge in [0.2, 0.25) is 0 Å². The fourth-order valence-corrected chi connectivity index (χ4v) is 10.0. The van der Waals surface area contributed by atoms with E-state index in [1.54, 1.807) is 0 Å². The first-order valence-electron chi connectivity index (χ1n) is 19.9. The van der Waals surface area contributed by atoms with E-state index in [9.17, 15) is 4.79 Å². The Kier molecular flexibility index (Phi) is 6.31. The van der Waals surface area contributed by atoms with Crippen LogP contribution in [0.5, 0.6) is 0 Å². The number of nitrogens with zero attached hydrogens (tertiary/aromatic N) is 2. The summed E-state index contributed by atoms with van der Waals surface area (Å²) in [6, 6.07) is 69.9. The van der Waals surface area contributed by atoms with E-state index in [0.29, 0.717) is 0 Å². The van der Waals surface area contributed by atoms with E-state index in [1.807, 2.05) is 22.6 Å². The summed E-state index contributed by atoms with van der Waals surface area (Å²) in [6.07, 6.45) is 0. The second-order valence-electron chi connectivity index (χ2n) is 15.6. The molecule has 0 N–H and O–H groups in total. The molecule has 0 atom stereocenters. The Morgan fingerprint density at radius 2 is 0.707 bits per heavy atom. The molecular formula is C55H32N2O. The molecule has 3 heterocycles. The molecule has 13 rings (SSSR count). The highest BCUT2D eigenvalue weighted by atomic mass is 16.1. The third-order valence-electron chi connectivity index (χ3n) is 12.6. The first kappa shape index (κ1) is 31.5. The molecule has 0 spiro atoms. The minimum atomic E-state index is 0.0301. The van der Waals surface area contributed by atoms with E-state index in [4.69, 9.17) is 0 Å². The molecule has 3 heteroatoms. The molecule has 0 amide bonds. The predicted molar refractivity (Wildman–Crippen MR) is 245 cm³/mol. The van der Waals surface area contributed by atoms with Gasteiger partial charge in [0.15, 0.2) is 0 Å². The summed E-state index contributed by atoms with van der Waals surface area (Å²) in [5, 5.41) is 15.0. The molecule has 10 aromatic carbocycles. The Balaban J connectivity index is 1.02. The van der Waals surface area contributed by atoms with E-state index in [1.165, 1.54) is 65.3 Å². The first-order valence-corrected chi connectivity index (χ1v) is 19.9. The van der Waals surface area contributed by atoms with Gasteiger partial charge in [-0.15, -0.1) is 0 Å². The van der Waals surface area contributed by atoms with Crippen molar-refractivity contribution in [2.75, 3.05) is 0 Å². The zero-order chi connectivity index (χ0) is 38.1. The lowest BCUT2D eigenvalue weighted by Crippen LogP contribution is -2.12. The number of para-hydroxylation sites is 3. The summed E-state index contributed by atoms with van der Waals surface area (Å²) < 4.78 is 4.31. The van der Waals surface area contributed by atoms with Gasteiger partial charge in [0.25, 0.3) is 5.56 Å². The van der Waals surface area contributed by atoms with Gasteiger partial charge in [0.05, 0.1) is 22.1 Å². The molecule has 0 aliphatic heterocycles. The summed E-state index contributed by atoms with van der Waals surface area (Å²) in [6.45, 7) is 0. The molecule has 0 radical (unpaired) electrons. The van der Waals surface area contributed by atoms with Gasteiger partial charge in [0, 0.05) is 38.0 Å². The van der Waals surface area contributed by atoms with Gasteiger partial charge in [-0.25, -0.2) is 0 Å². The van der Waals surface area contributed by atoms with Crippen molar-refractivity contribution >= 4 is 92.1 Å². The summed E-state index contributed by atoms with van der Waals surface area (Å²) in [7, 11) is 0. The Morgan fingerprint density at radius 1 is 0.276 bits per heavy atom. The third kappa shape index (κ3) is 4.25. The summed E-state index contributed by atoms with van der Waals surface area (Å²) in [4.78, 5) is 14.0. The Bertz CT molecular complexity index is 3890. The SMILES string of the molecule is O=c1c2ccccc2c2cccc3c4cc(-c5ccc6c7ccccc7c7ccc(-c8cccc(-n9c%10ccccc%10c%10ccccc%109)c8)cc7c6c5)ccc4n1c23. The van der Waals surface area contributed by atoms with Gasteiger partial charge in [-0.05, 0) is 115 Å². The number of hydrogen-bond acceptors (Lipinski definition) is 1. The number of benzene rings is 10. The fraction of sp³-hybridized carbons (Fsp3) is 0. The Morgan fingerprint density at radius 3 is 1.33 bits per heavy atom. The summed E-state index contributed by atoms with van der Waals surface area (Å²) in [5.41, 5.74) is 10.1. The second-order valence-corrected chi connectivity index (χ2v) is 15.6. The lowest BCUT2D eigenvalue weighted by molar-refractivity contribution is 1.18. The van der Waals surface area contributed by atoms with Crippen LogP contribution in [0.25, 0.3) is 120 Å². The van der Waals surface area contributed by atoms with Crippen LogP contribution in [-0.2, 0) is 0 Å². The molecular weight excluding hydrogens is 705 g/mol. The lowest BCUT2D eigenvalue weighted by Gasteiger charge is -2.14. The maximum Gasteiger partial charge on any atom is 0.263 e. The Hall–Kier alpha value is -7.75. The number of hydrogen-bond donors (Lipinski definition) is 0. The molecule has 0 fully saturated rings. The lowest BCUT2D eigenvalue weighted by atomic mass is 9.90. The van der Waals surface area contributed by atoms with Crippen LogP contribution >= 0.6 is 0 Å². The van der Waals surface area contributed by atoms with Crippen LogP contribution in [0, 0.1) is 0 Å². The van der Waals surface area contributed by atoms with Crippen LogP contribution in [0.3, 0.4) is 0 Å². The van der Waals surface area contributed by atoms with Crippen molar-refractivity contribution in [2.45, 2.75) is 0 Å². The molecule has 268 valence electrons. The molecule has 0 aliphatic carbocycles. The minimum Gasteiger partial charge on any atom is -0.309 e. The van der Waals surface area contributed by atoms with Gasteiger partial charge in [-0.1, -0.05) is 140 Å². The van der Waals surface area contributed by atoms with Gasteiger partial charge >= 0.3 is 0 Å².